The van der Waals surface area contributed by atoms with Crippen molar-refractivity contribution in [3.05, 3.63) is 88.9 Å². The third-order valence-corrected chi connectivity index (χ3v) is 4.96. The first-order valence-electron chi connectivity index (χ1n) is 9.41. The monoisotopic (exact) mass is 467 g/mol. The molecule has 0 aliphatic heterocycles. The van der Waals surface area contributed by atoms with Gasteiger partial charge in [0.25, 0.3) is 5.91 Å². The minimum Gasteiger partial charge on any atom is -0.484 e. The SMILES string of the molecule is CC(NC(=O)Nc1cccc(OCC(=O)Nc2ccccc2)c1)c1ccccc1Br. The van der Waals surface area contributed by atoms with Crippen LogP contribution in [0, 0.1) is 0 Å². The van der Waals surface area contributed by atoms with E-state index in [-0.39, 0.29) is 24.6 Å². The van der Waals surface area contributed by atoms with Gasteiger partial charge in [-0.2, -0.15) is 0 Å². The molecule has 154 valence electrons. The van der Waals surface area contributed by atoms with E-state index in [1.54, 1.807) is 36.4 Å². The van der Waals surface area contributed by atoms with Gasteiger partial charge in [-0.15, -0.1) is 0 Å². The third kappa shape index (κ3) is 6.35. The van der Waals surface area contributed by atoms with Gasteiger partial charge in [0, 0.05) is 21.9 Å². The number of benzene rings is 3. The highest BCUT2D eigenvalue weighted by molar-refractivity contribution is 9.10. The van der Waals surface area contributed by atoms with Crippen molar-refractivity contribution in [3.8, 4) is 5.75 Å². The zero-order valence-corrected chi connectivity index (χ0v) is 18.0. The largest absolute Gasteiger partial charge is 0.484 e. The van der Waals surface area contributed by atoms with Gasteiger partial charge in [-0.1, -0.05) is 58.4 Å². The minimum atomic E-state index is -0.336. The van der Waals surface area contributed by atoms with Crippen molar-refractivity contribution in [1.82, 2.24) is 5.32 Å². The summed E-state index contributed by atoms with van der Waals surface area (Å²) in [4.78, 5) is 24.4. The molecular weight excluding hydrogens is 446 g/mol. The van der Waals surface area contributed by atoms with Gasteiger partial charge in [-0.25, -0.2) is 4.79 Å². The Kier molecular flexibility index (Phi) is 7.45. The van der Waals surface area contributed by atoms with Gasteiger partial charge >= 0.3 is 6.03 Å². The van der Waals surface area contributed by atoms with Gasteiger partial charge in [-0.3, -0.25) is 4.79 Å². The fraction of sp³-hybridized carbons (Fsp3) is 0.130. The van der Waals surface area contributed by atoms with Crippen LogP contribution < -0.4 is 20.7 Å². The van der Waals surface area contributed by atoms with E-state index in [0.717, 1.165) is 10.0 Å². The summed E-state index contributed by atoms with van der Waals surface area (Å²) in [6, 6.07) is 23.3. The number of carbonyl (C=O) groups excluding carboxylic acids is 2. The number of rotatable bonds is 7. The second-order valence-electron chi connectivity index (χ2n) is 6.57. The Morgan fingerprint density at radius 3 is 2.37 bits per heavy atom. The second-order valence-corrected chi connectivity index (χ2v) is 7.43. The maximum Gasteiger partial charge on any atom is 0.319 e. The molecule has 0 spiro atoms. The van der Waals surface area contributed by atoms with E-state index in [2.05, 4.69) is 31.9 Å². The fourth-order valence-corrected chi connectivity index (χ4v) is 3.43. The van der Waals surface area contributed by atoms with Crippen molar-refractivity contribution in [2.24, 2.45) is 0 Å². The van der Waals surface area contributed by atoms with Crippen molar-refractivity contribution in [3.63, 3.8) is 0 Å². The summed E-state index contributed by atoms with van der Waals surface area (Å²) in [6.45, 7) is 1.77. The van der Waals surface area contributed by atoms with Crippen molar-refractivity contribution in [2.45, 2.75) is 13.0 Å². The Balaban J connectivity index is 1.51. The molecule has 3 aromatic rings. The Bertz CT molecular complexity index is 1010. The normalized spacial score (nSPS) is 11.3. The Morgan fingerprint density at radius 1 is 0.900 bits per heavy atom. The molecule has 3 aromatic carbocycles. The minimum absolute atomic E-state index is 0.135. The molecule has 0 saturated heterocycles. The lowest BCUT2D eigenvalue weighted by Gasteiger charge is -2.16. The lowest BCUT2D eigenvalue weighted by atomic mass is 10.1. The van der Waals surface area contributed by atoms with Crippen LogP contribution in [0.1, 0.15) is 18.5 Å². The summed E-state index contributed by atoms with van der Waals surface area (Å²) >= 11 is 3.49. The molecule has 0 saturated carbocycles. The summed E-state index contributed by atoms with van der Waals surface area (Å²) in [5, 5.41) is 8.43. The first-order valence-corrected chi connectivity index (χ1v) is 10.2. The van der Waals surface area contributed by atoms with E-state index in [9.17, 15) is 9.59 Å². The topological polar surface area (TPSA) is 79.5 Å². The Morgan fingerprint density at radius 2 is 1.60 bits per heavy atom. The number of ether oxygens (including phenoxy) is 1. The van der Waals surface area contributed by atoms with Gasteiger partial charge in [0.15, 0.2) is 6.61 Å². The predicted octanol–water partition coefficient (Wildman–Crippen LogP) is 5.35. The molecule has 0 bridgehead atoms. The number of urea groups is 1. The van der Waals surface area contributed by atoms with Gasteiger partial charge in [0.1, 0.15) is 5.75 Å². The number of anilines is 2. The van der Waals surface area contributed by atoms with E-state index in [1.807, 2.05) is 49.4 Å². The molecule has 0 heterocycles. The lowest BCUT2D eigenvalue weighted by molar-refractivity contribution is -0.118. The molecule has 6 nitrogen and oxygen atoms in total. The molecule has 0 fully saturated rings. The van der Waals surface area contributed by atoms with Crippen LogP contribution >= 0.6 is 15.9 Å². The van der Waals surface area contributed by atoms with Crippen molar-refractivity contribution < 1.29 is 14.3 Å². The fourth-order valence-electron chi connectivity index (χ4n) is 2.80. The highest BCUT2D eigenvalue weighted by Gasteiger charge is 2.12. The van der Waals surface area contributed by atoms with Gasteiger partial charge < -0.3 is 20.7 Å². The summed E-state index contributed by atoms with van der Waals surface area (Å²) in [5.74, 6) is 0.217. The van der Waals surface area contributed by atoms with Crippen molar-refractivity contribution in [2.75, 3.05) is 17.2 Å². The van der Waals surface area contributed by atoms with Crippen molar-refractivity contribution in [1.29, 1.82) is 0 Å². The first kappa shape index (κ1) is 21.4. The number of hydrogen-bond acceptors (Lipinski definition) is 3. The van der Waals surface area contributed by atoms with Crippen LogP contribution in [0.4, 0.5) is 16.2 Å². The van der Waals surface area contributed by atoms with Gasteiger partial charge in [0.05, 0.1) is 6.04 Å². The number of nitrogens with one attached hydrogen (secondary N) is 3. The molecule has 0 aliphatic carbocycles. The van der Waals surface area contributed by atoms with Crippen molar-refractivity contribution >= 4 is 39.2 Å². The maximum atomic E-state index is 12.3. The smallest absolute Gasteiger partial charge is 0.319 e. The molecule has 3 amide bonds. The lowest BCUT2D eigenvalue weighted by Crippen LogP contribution is -2.31. The molecule has 0 aliphatic rings. The average Bonchev–Trinajstić information content (AvgIpc) is 2.73. The highest BCUT2D eigenvalue weighted by atomic mass is 79.9. The second kappa shape index (κ2) is 10.5. The number of carbonyl (C=O) groups is 2. The Hall–Kier alpha value is -3.32. The molecule has 0 aromatic heterocycles. The summed E-state index contributed by atoms with van der Waals surface area (Å²) in [7, 11) is 0. The molecule has 3 N–H and O–H groups in total. The van der Waals surface area contributed by atoms with Crippen LogP contribution in [0.15, 0.2) is 83.3 Å². The Labute approximate surface area is 183 Å². The molecule has 0 radical (unpaired) electrons. The summed E-state index contributed by atoms with van der Waals surface area (Å²) in [6.07, 6.45) is 0. The summed E-state index contributed by atoms with van der Waals surface area (Å²) in [5.41, 5.74) is 2.25. The van der Waals surface area contributed by atoms with E-state index in [4.69, 9.17) is 4.74 Å². The van der Waals surface area contributed by atoms with Crippen LogP contribution in [0.2, 0.25) is 0 Å². The number of para-hydroxylation sites is 1. The van der Waals surface area contributed by atoms with Gasteiger partial charge in [-0.05, 0) is 42.8 Å². The molecule has 30 heavy (non-hydrogen) atoms. The first-order chi connectivity index (χ1) is 14.5. The number of amides is 3. The van der Waals surface area contributed by atoms with E-state index in [1.165, 1.54) is 0 Å². The number of halogens is 1. The molecule has 7 heteroatoms. The molecule has 1 unspecified atom stereocenters. The van der Waals surface area contributed by atoms with E-state index < -0.39 is 0 Å². The van der Waals surface area contributed by atoms with E-state index in [0.29, 0.717) is 17.1 Å². The average molecular weight is 468 g/mol. The van der Waals surface area contributed by atoms with Gasteiger partial charge in [0.2, 0.25) is 0 Å². The van der Waals surface area contributed by atoms with E-state index >= 15 is 0 Å². The molecule has 1 atom stereocenters. The standard InChI is InChI=1S/C23H22BrN3O3/c1-16(20-12-5-6-13-21(20)24)25-23(29)27-18-10-7-11-19(14-18)30-15-22(28)26-17-8-3-2-4-9-17/h2-14,16H,15H2,1H3,(H,26,28)(H2,25,27,29). The van der Waals surface area contributed by atoms with Crippen LogP contribution in [0.25, 0.3) is 0 Å². The third-order valence-electron chi connectivity index (χ3n) is 4.24. The van der Waals surface area contributed by atoms with Crippen LogP contribution in [0.5, 0.6) is 5.75 Å². The number of hydrogen-bond donors (Lipinski definition) is 3. The quantitative estimate of drug-likeness (QED) is 0.438. The molecular formula is C23H22BrN3O3. The summed E-state index contributed by atoms with van der Waals surface area (Å²) < 4.78 is 6.47. The highest BCUT2D eigenvalue weighted by Crippen LogP contribution is 2.23. The van der Waals surface area contributed by atoms with Crippen LogP contribution in [-0.2, 0) is 4.79 Å². The molecule has 3 rings (SSSR count). The van der Waals surface area contributed by atoms with Crippen LogP contribution in [0.3, 0.4) is 0 Å². The zero-order valence-electron chi connectivity index (χ0n) is 16.4. The van der Waals surface area contributed by atoms with Crippen LogP contribution in [-0.4, -0.2) is 18.5 Å². The zero-order chi connectivity index (χ0) is 21.3. The maximum absolute atomic E-state index is 12.3. The predicted molar refractivity (Wildman–Crippen MR) is 122 cm³/mol.